The first-order chi connectivity index (χ1) is 13.4. The first-order valence-electron chi connectivity index (χ1n) is 8.83. The van der Waals surface area contributed by atoms with Crippen molar-refractivity contribution in [3.63, 3.8) is 0 Å². The molecule has 1 aliphatic rings. The predicted molar refractivity (Wildman–Crippen MR) is 100 cm³/mol. The van der Waals surface area contributed by atoms with Gasteiger partial charge >= 0.3 is 0 Å². The van der Waals surface area contributed by atoms with Crippen LogP contribution in [0.1, 0.15) is 40.2 Å². The molecule has 0 saturated heterocycles. The van der Waals surface area contributed by atoms with Crippen molar-refractivity contribution in [1.82, 2.24) is 14.9 Å². The number of nitrogens with one attached hydrogen (secondary N) is 1. The Bertz CT molecular complexity index is 1130. The standard InChI is InChI=1S/C18H19N5O4S/c19-28(25,26)14-5-3-4-12(8-14)10-23-11-13(9-20-23)21-18(24)17-15-6-1-2-7-16(15)27-22-17/h3-5,8-9,11H,1-2,6-7,10H2,(H,21,24)(H2,19,25,26). The number of anilines is 1. The molecule has 1 amide bonds. The molecule has 2 heterocycles. The summed E-state index contributed by atoms with van der Waals surface area (Å²) >= 11 is 0. The molecule has 0 unspecified atom stereocenters. The second-order valence-electron chi connectivity index (χ2n) is 6.71. The highest BCUT2D eigenvalue weighted by molar-refractivity contribution is 7.89. The quantitative estimate of drug-likeness (QED) is 0.668. The summed E-state index contributed by atoms with van der Waals surface area (Å²) in [5.74, 6) is 0.463. The van der Waals surface area contributed by atoms with Gasteiger partial charge in [0.25, 0.3) is 5.91 Å². The highest BCUT2D eigenvalue weighted by Gasteiger charge is 2.24. The number of amides is 1. The lowest BCUT2D eigenvalue weighted by molar-refractivity contribution is 0.101. The Morgan fingerprint density at radius 1 is 1.29 bits per heavy atom. The highest BCUT2D eigenvalue weighted by atomic mass is 32.2. The molecule has 9 nitrogen and oxygen atoms in total. The van der Waals surface area contributed by atoms with Gasteiger partial charge in [-0.15, -0.1) is 0 Å². The summed E-state index contributed by atoms with van der Waals surface area (Å²) in [6, 6.07) is 6.33. The van der Waals surface area contributed by atoms with Gasteiger partial charge in [-0.25, -0.2) is 13.6 Å². The van der Waals surface area contributed by atoms with E-state index in [2.05, 4.69) is 15.6 Å². The van der Waals surface area contributed by atoms with Gasteiger partial charge in [-0.05, 0) is 37.0 Å². The van der Waals surface area contributed by atoms with Gasteiger partial charge in [-0.2, -0.15) is 5.10 Å². The Morgan fingerprint density at radius 3 is 2.93 bits per heavy atom. The molecular weight excluding hydrogens is 382 g/mol. The average molecular weight is 401 g/mol. The van der Waals surface area contributed by atoms with Crippen molar-refractivity contribution in [1.29, 1.82) is 0 Å². The minimum absolute atomic E-state index is 0.0430. The van der Waals surface area contributed by atoms with E-state index in [9.17, 15) is 13.2 Å². The number of aryl methyl sites for hydroxylation is 1. The van der Waals surface area contributed by atoms with Gasteiger partial charge in [-0.1, -0.05) is 17.3 Å². The molecule has 0 spiro atoms. The molecule has 0 bridgehead atoms. The first kappa shape index (κ1) is 18.4. The summed E-state index contributed by atoms with van der Waals surface area (Å²) in [6.07, 6.45) is 6.85. The summed E-state index contributed by atoms with van der Waals surface area (Å²) in [4.78, 5) is 12.6. The number of nitrogens with zero attached hydrogens (tertiary/aromatic N) is 3. The van der Waals surface area contributed by atoms with Crippen LogP contribution in [-0.4, -0.2) is 29.3 Å². The number of rotatable bonds is 5. The molecule has 0 fully saturated rings. The first-order valence-corrected chi connectivity index (χ1v) is 10.4. The third kappa shape index (κ3) is 3.82. The van der Waals surface area contributed by atoms with Crippen LogP contribution in [0.25, 0.3) is 0 Å². The summed E-state index contributed by atoms with van der Waals surface area (Å²) < 4.78 is 29.8. The van der Waals surface area contributed by atoms with Crippen LogP contribution < -0.4 is 10.5 Å². The van der Waals surface area contributed by atoms with Gasteiger partial charge in [-0.3, -0.25) is 9.48 Å². The van der Waals surface area contributed by atoms with Crippen molar-refractivity contribution >= 4 is 21.6 Å². The van der Waals surface area contributed by atoms with Gasteiger partial charge in [0.2, 0.25) is 10.0 Å². The molecule has 0 atom stereocenters. The molecule has 0 aliphatic heterocycles. The average Bonchev–Trinajstić information content (AvgIpc) is 3.28. The monoisotopic (exact) mass is 401 g/mol. The summed E-state index contributed by atoms with van der Waals surface area (Å²) in [5, 5.41) is 16.1. The zero-order valence-corrected chi connectivity index (χ0v) is 15.8. The number of hydrogen-bond acceptors (Lipinski definition) is 6. The molecule has 0 radical (unpaired) electrons. The van der Waals surface area contributed by atoms with E-state index in [1.54, 1.807) is 23.0 Å². The number of primary sulfonamides is 1. The Balaban J connectivity index is 1.46. The van der Waals surface area contributed by atoms with E-state index in [0.29, 0.717) is 17.9 Å². The number of nitrogens with two attached hydrogens (primary N) is 1. The van der Waals surface area contributed by atoms with E-state index in [-0.39, 0.29) is 10.8 Å². The predicted octanol–water partition coefficient (Wildman–Crippen LogP) is 1.70. The summed E-state index contributed by atoms with van der Waals surface area (Å²) in [6.45, 7) is 0.332. The minimum Gasteiger partial charge on any atom is -0.360 e. The fraction of sp³-hybridized carbons (Fsp3) is 0.278. The smallest absolute Gasteiger partial charge is 0.278 e. The van der Waals surface area contributed by atoms with Crippen LogP contribution >= 0.6 is 0 Å². The van der Waals surface area contributed by atoms with Crippen molar-refractivity contribution in [2.24, 2.45) is 5.14 Å². The lowest BCUT2D eigenvalue weighted by atomic mass is 9.96. The van der Waals surface area contributed by atoms with Crippen molar-refractivity contribution in [3.05, 3.63) is 59.2 Å². The highest BCUT2D eigenvalue weighted by Crippen LogP contribution is 2.24. The number of hydrogen-bond donors (Lipinski definition) is 2. The molecule has 4 rings (SSSR count). The van der Waals surface area contributed by atoms with Gasteiger partial charge < -0.3 is 9.84 Å². The zero-order valence-electron chi connectivity index (χ0n) is 15.0. The van der Waals surface area contributed by atoms with E-state index >= 15 is 0 Å². The third-order valence-electron chi connectivity index (χ3n) is 4.63. The van der Waals surface area contributed by atoms with E-state index in [4.69, 9.17) is 9.66 Å². The normalized spacial score (nSPS) is 13.9. The third-order valence-corrected chi connectivity index (χ3v) is 5.54. The summed E-state index contributed by atoms with van der Waals surface area (Å²) in [7, 11) is -3.76. The Kier molecular flexibility index (Phi) is 4.73. The van der Waals surface area contributed by atoms with E-state index < -0.39 is 10.0 Å². The van der Waals surface area contributed by atoms with E-state index in [1.165, 1.54) is 18.3 Å². The van der Waals surface area contributed by atoms with Crippen LogP contribution in [-0.2, 0) is 29.4 Å². The largest absolute Gasteiger partial charge is 0.360 e. The van der Waals surface area contributed by atoms with Gasteiger partial charge in [0.15, 0.2) is 5.69 Å². The number of fused-ring (bicyclic) bond motifs is 1. The summed E-state index contributed by atoms with van der Waals surface area (Å²) in [5.41, 5.74) is 2.44. The van der Waals surface area contributed by atoms with Gasteiger partial charge in [0.05, 0.1) is 23.3 Å². The molecule has 1 aliphatic carbocycles. The van der Waals surface area contributed by atoms with E-state index in [0.717, 1.165) is 42.6 Å². The second kappa shape index (κ2) is 7.21. The van der Waals surface area contributed by atoms with Crippen LogP contribution in [0, 0.1) is 0 Å². The van der Waals surface area contributed by atoms with Crippen molar-refractivity contribution in [3.8, 4) is 0 Å². The van der Waals surface area contributed by atoms with Crippen molar-refractivity contribution in [2.75, 3.05) is 5.32 Å². The fourth-order valence-corrected chi connectivity index (χ4v) is 3.86. The van der Waals surface area contributed by atoms with Crippen LogP contribution in [0.4, 0.5) is 5.69 Å². The van der Waals surface area contributed by atoms with Crippen LogP contribution in [0.3, 0.4) is 0 Å². The Labute approximate surface area is 161 Å². The van der Waals surface area contributed by atoms with Crippen LogP contribution in [0.15, 0.2) is 46.1 Å². The number of carbonyl (C=O) groups is 1. The lowest BCUT2D eigenvalue weighted by Crippen LogP contribution is -2.15. The fourth-order valence-electron chi connectivity index (χ4n) is 3.28. The molecule has 146 valence electrons. The SMILES string of the molecule is NS(=O)(=O)c1cccc(Cn2cc(NC(=O)c3noc4c3CCCC4)cn2)c1. The number of sulfonamides is 1. The van der Waals surface area contributed by atoms with Crippen molar-refractivity contribution < 1.29 is 17.7 Å². The molecule has 1 aromatic carbocycles. The molecule has 2 aromatic heterocycles. The van der Waals surface area contributed by atoms with Gasteiger partial charge in [0, 0.05) is 18.2 Å². The van der Waals surface area contributed by atoms with Crippen LogP contribution in [0.5, 0.6) is 0 Å². The molecule has 0 saturated carbocycles. The number of aromatic nitrogens is 3. The Hall–Kier alpha value is -2.98. The molecule has 10 heteroatoms. The number of benzene rings is 1. The molecule has 28 heavy (non-hydrogen) atoms. The van der Waals surface area contributed by atoms with Gasteiger partial charge in [0.1, 0.15) is 5.76 Å². The maximum Gasteiger partial charge on any atom is 0.278 e. The zero-order chi connectivity index (χ0) is 19.7. The maximum absolute atomic E-state index is 12.5. The minimum atomic E-state index is -3.76. The van der Waals surface area contributed by atoms with Crippen molar-refractivity contribution in [2.45, 2.75) is 37.1 Å². The molecular formula is C18H19N5O4S. The second-order valence-corrected chi connectivity index (χ2v) is 8.27. The molecule has 3 aromatic rings. The molecule has 3 N–H and O–H groups in total. The maximum atomic E-state index is 12.5. The van der Waals surface area contributed by atoms with Crippen LogP contribution in [0.2, 0.25) is 0 Å². The topological polar surface area (TPSA) is 133 Å². The van der Waals surface area contributed by atoms with E-state index in [1.807, 2.05) is 0 Å². The Morgan fingerprint density at radius 2 is 2.11 bits per heavy atom. The number of carbonyl (C=O) groups excluding carboxylic acids is 1. The lowest BCUT2D eigenvalue weighted by Gasteiger charge is -2.08.